The van der Waals surface area contributed by atoms with Crippen molar-refractivity contribution >= 4 is 11.8 Å². The molecule has 148 valence electrons. The second-order valence-electron chi connectivity index (χ2n) is 6.84. The van der Waals surface area contributed by atoms with E-state index in [0.29, 0.717) is 11.1 Å². The van der Waals surface area contributed by atoms with Gasteiger partial charge in [-0.1, -0.05) is 6.07 Å². The number of nitrogens with zero attached hydrogens (tertiary/aromatic N) is 1. The van der Waals surface area contributed by atoms with Gasteiger partial charge in [0.15, 0.2) is 0 Å². The fraction of sp³-hybridized carbons (Fsp3) is 0.529. The maximum atomic E-state index is 12.9. The zero-order chi connectivity index (χ0) is 19.8. The van der Waals surface area contributed by atoms with Crippen molar-refractivity contribution in [2.45, 2.75) is 37.6 Å². The molecule has 0 aromatic heterocycles. The van der Waals surface area contributed by atoms with Crippen LogP contribution in [0.25, 0.3) is 0 Å². The fourth-order valence-corrected chi connectivity index (χ4v) is 3.15. The Hall–Kier alpha value is -2.17. The maximum absolute atomic E-state index is 12.9. The average molecular weight is 386 g/mol. The van der Waals surface area contributed by atoms with Gasteiger partial charge in [0.05, 0.1) is 37.3 Å². The van der Waals surface area contributed by atoms with Crippen LogP contribution in [0.1, 0.15) is 29.2 Å². The first kappa shape index (κ1) is 19.6. The molecular weight excluding hydrogens is 365 g/mol. The lowest BCUT2D eigenvalue weighted by Crippen LogP contribution is -2.65. The van der Waals surface area contributed by atoms with Gasteiger partial charge in [0.1, 0.15) is 6.29 Å². The maximum Gasteiger partial charge on any atom is 0.416 e. The van der Waals surface area contributed by atoms with Crippen LogP contribution in [0.5, 0.6) is 0 Å². The molecule has 0 bridgehead atoms. The van der Waals surface area contributed by atoms with Crippen molar-refractivity contribution in [1.82, 2.24) is 20.9 Å². The van der Waals surface area contributed by atoms with Crippen molar-refractivity contribution in [1.29, 1.82) is 0 Å². The Labute approximate surface area is 154 Å². The highest BCUT2D eigenvalue weighted by molar-refractivity contribution is 5.89. The summed E-state index contributed by atoms with van der Waals surface area (Å²) in [5.74, 6) is -0.666. The number of rotatable bonds is 3. The number of hydrogen-bond donors (Lipinski definition) is 3. The minimum atomic E-state index is -4.44. The van der Waals surface area contributed by atoms with Gasteiger partial charge in [-0.3, -0.25) is 19.8 Å². The lowest BCUT2D eigenvalue weighted by Gasteiger charge is -2.35. The van der Waals surface area contributed by atoms with E-state index in [-0.39, 0.29) is 25.5 Å². The minimum absolute atomic E-state index is 0.0242. The van der Waals surface area contributed by atoms with E-state index in [2.05, 4.69) is 16.0 Å². The summed E-state index contributed by atoms with van der Waals surface area (Å²) < 4.78 is 44.0. The summed E-state index contributed by atoms with van der Waals surface area (Å²) >= 11 is 0. The van der Waals surface area contributed by atoms with Crippen molar-refractivity contribution in [3.63, 3.8) is 0 Å². The zero-order valence-corrected chi connectivity index (χ0v) is 14.9. The number of benzene rings is 1. The molecule has 2 unspecified atom stereocenters. The molecule has 0 saturated carbocycles. The van der Waals surface area contributed by atoms with Gasteiger partial charge in [0.2, 0.25) is 11.8 Å². The molecule has 2 aliphatic rings. The summed E-state index contributed by atoms with van der Waals surface area (Å²) in [4.78, 5) is 26.2. The van der Waals surface area contributed by atoms with E-state index in [1.54, 1.807) is 19.0 Å². The van der Waals surface area contributed by atoms with E-state index in [1.165, 1.54) is 6.07 Å². The first-order chi connectivity index (χ1) is 12.6. The lowest BCUT2D eigenvalue weighted by atomic mass is 9.96. The Morgan fingerprint density at radius 3 is 2.74 bits per heavy atom. The van der Waals surface area contributed by atoms with E-state index >= 15 is 0 Å². The lowest BCUT2D eigenvalue weighted by molar-refractivity contribution is -0.137. The third kappa shape index (κ3) is 4.40. The predicted octanol–water partition coefficient (Wildman–Crippen LogP) is 0.716. The third-order valence-electron chi connectivity index (χ3n) is 4.58. The molecule has 27 heavy (non-hydrogen) atoms. The van der Waals surface area contributed by atoms with Crippen molar-refractivity contribution in [2.75, 3.05) is 20.7 Å². The highest BCUT2D eigenvalue weighted by Crippen LogP contribution is 2.33. The molecule has 3 rings (SSSR count). The van der Waals surface area contributed by atoms with Crippen molar-refractivity contribution in [3.05, 3.63) is 34.9 Å². The Kier molecular flexibility index (Phi) is 5.41. The van der Waals surface area contributed by atoms with Crippen LogP contribution in [0.4, 0.5) is 13.2 Å². The van der Waals surface area contributed by atoms with E-state index < -0.39 is 36.0 Å². The van der Waals surface area contributed by atoms with Crippen LogP contribution in [0.2, 0.25) is 0 Å². The molecular formula is C17H21F3N4O3. The molecule has 1 aromatic rings. The van der Waals surface area contributed by atoms with Gasteiger partial charge in [0, 0.05) is 0 Å². The zero-order valence-electron chi connectivity index (χ0n) is 14.9. The van der Waals surface area contributed by atoms with Crippen molar-refractivity contribution in [3.8, 4) is 0 Å². The van der Waals surface area contributed by atoms with Gasteiger partial charge in [-0.15, -0.1) is 0 Å². The van der Waals surface area contributed by atoms with Crippen LogP contribution in [0.15, 0.2) is 18.2 Å². The summed E-state index contributed by atoms with van der Waals surface area (Å²) in [6.07, 6.45) is -4.94. The molecule has 10 heteroatoms. The third-order valence-corrected chi connectivity index (χ3v) is 4.58. The quantitative estimate of drug-likeness (QED) is 0.713. The van der Waals surface area contributed by atoms with Crippen LogP contribution in [-0.2, 0) is 27.1 Å². The van der Waals surface area contributed by atoms with Gasteiger partial charge in [-0.25, -0.2) is 0 Å². The van der Waals surface area contributed by atoms with E-state index in [0.717, 1.165) is 12.1 Å². The second-order valence-corrected chi connectivity index (χ2v) is 6.84. The largest absolute Gasteiger partial charge is 0.416 e. The monoisotopic (exact) mass is 386 g/mol. The average Bonchev–Trinajstić information content (AvgIpc) is 2.60. The minimum Gasteiger partial charge on any atom is -0.374 e. The number of ether oxygens (including phenoxy) is 1. The summed E-state index contributed by atoms with van der Waals surface area (Å²) in [6, 6.07) is 2.09. The molecule has 2 aliphatic heterocycles. The summed E-state index contributed by atoms with van der Waals surface area (Å²) in [5, 5.41) is 8.50. The predicted molar refractivity (Wildman–Crippen MR) is 89.1 cm³/mol. The molecule has 0 spiro atoms. The number of amides is 2. The smallest absolute Gasteiger partial charge is 0.374 e. The Bertz CT molecular complexity index is 739. The van der Waals surface area contributed by atoms with Gasteiger partial charge < -0.3 is 15.4 Å². The summed E-state index contributed by atoms with van der Waals surface area (Å²) in [7, 11) is 3.50. The summed E-state index contributed by atoms with van der Waals surface area (Å²) in [5.41, 5.74) is 0.227. The number of hydrogen-bond acceptors (Lipinski definition) is 5. The Morgan fingerprint density at radius 2 is 2.07 bits per heavy atom. The highest BCUT2D eigenvalue weighted by Gasteiger charge is 2.35. The van der Waals surface area contributed by atoms with Crippen LogP contribution < -0.4 is 16.0 Å². The van der Waals surface area contributed by atoms with Crippen LogP contribution >= 0.6 is 0 Å². The van der Waals surface area contributed by atoms with Crippen molar-refractivity contribution in [2.24, 2.45) is 0 Å². The molecule has 2 amide bonds. The number of carbonyl (C=O) groups excluding carboxylic acids is 2. The van der Waals surface area contributed by atoms with Crippen molar-refractivity contribution < 1.29 is 27.5 Å². The van der Waals surface area contributed by atoms with E-state index in [9.17, 15) is 22.8 Å². The normalized spacial score (nSPS) is 25.7. The first-order valence-corrected chi connectivity index (χ1v) is 8.45. The topological polar surface area (TPSA) is 82.7 Å². The molecule has 3 atom stereocenters. The molecule has 2 heterocycles. The number of alkyl halides is 3. The number of fused-ring (bicyclic) bond motifs is 1. The van der Waals surface area contributed by atoms with Gasteiger partial charge in [-0.05, 0) is 37.4 Å². The molecule has 0 radical (unpaired) electrons. The van der Waals surface area contributed by atoms with E-state index in [4.69, 9.17) is 4.74 Å². The first-order valence-electron chi connectivity index (χ1n) is 8.45. The number of carbonyl (C=O) groups is 2. The number of nitrogens with one attached hydrogen (secondary N) is 3. The SMILES string of the molecule is CN(C)C1NC(=O)CC(C(=O)N[C@H]2COCc3cc(C(F)(F)F)ccc32)N1. The van der Waals surface area contributed by atoms with Gasteiger partial charge in [0.25, 0.3) is 0 Å². The standard InChI is InChI=1S/C17H21F3N4O3/c1-24(2)16-22-12(6-14(25)23-16)15(26)21-13-8-27-7-9-5-10(17(18,19)20)3-4-11(9)13/h3-5,12-13,16,22H,6-8H2,1-2H3,(H,21,26)(H,23,25)/t12?,13-,16?/m0/s1. The second kappa shape index (κ2) is 7.45. The van der Waals surface area contributed by atoms with E-state index in [1.807, 2.05) is 0 Å². The van der Waals surface area contributed by atoms with Gasteiger partial charge in [-0.2, -0.15) is 13.2 Å². The van der Waals surface area contributed by atoms with Crippen LogP contribution in [0, 0.1) is 0 Å². The van der Waals surface area contributed by atoms with Crippen LogP contribution in [0.3, 0.4) is 0 Å². The molecule has 0 aliphatic carbocycles. The Balaban J connectivity index is 1.73. The van der Waals surface area contributed by atoms with Crippen LogP contribution in [-0.4, -0.2) is 49.7 Å². The number of halogens is 3. The molecule has 1 aromatic carbocycles. The molecule has 7 nitrogen and oxygen atoms in total. The summed E-state index contributed by atoms with van der Waals surface area (Å²) in [6.45, 7) is 0.207. The fourth-order valence-electron chi connectivity index (χ4n) is 3.15. The van der Waals surface area contributed by atoms with Gasteiger partial charge >= 0.3 is 6.18 Å². The molecule has 1 saturated heterocycles. The molecule has 1 fully saturated rings. The Morgan fingerprint density at radius 1 is 1.33 bits per heavy atom. The highest BCUT2D eigenvalue weighted by atomic mass is 19.4. The molecule has 3 N–H and O–H groups in total.